The number of benzene rings is 3. The number of aryl methyl sites for hydroxylation is 1. The van der Waals surface area contributed by atoms with Crippen molar-refractivity contribution in [3.63, 3.8) is 0 Å². The first-order valence-corrected chi connectivity index (χ1v) is 13.4. The Balaban J connectivity index is 1.28. The van der Waals surface area contributed by atoms with Gasteiger partial charge in [0.15, 0.2) is 0 Å². The fourth-order valence-corrected chi connectivity index (χ4v) is 5.39. The summed E-state index contributed by atoms with van der Waals surface area (Å²) in [6, 6.07) is 21.9. The zero-order chi connectivity index (χ0) is 27.4. The van der Waals surface area contributed by atoms with Crippen molar-refractivity contribution < 1.29 is 19.5 Å². The van der Waals surface area contributed by atoms with Gasteiger partial charge in [-0.05, 0) is 42.2 Å². The van der Waals surface area contributed by atoms with E-state index in [1.54, 1.807) is 23.1 Å². The van der Waals surface area contributed by atoms with Gasteiger partial charge in [-0.25, -0.2) is 4.79 Å². The van der Waals surface area contributed by atoms with Gasteiger partial charge in [-0.15, -0.1) is 0 Å². The Hall–Kier alpha value is -4.17. The molecule has 3 N–H and O–H groups in total. The number of nitrogens with zero attached hydrogens (tertiary/aromatic N) is 2. The predicted molar refractivity (Wildman–Crippen MR) is 150 cm³/mol. The van der Waals surface area contributed by atoms with E-state index in [0.717, 1.165) is 16.7 Å². The lowest BCUT2D eigenvalue weighted by atomic mass is 9.95. The van der Waals surface area contributed by atoms with Crippen LogP contribution >= 0.6 is 0 Å². The summed E-state index contributed by atoms with van der Waals surface area (Å²) in [6.07, 6.45) is 0.978. The molecule has 0 radical (unpaired) electrons. The normalized spacial score (nSPS) is 17.7. The average molecular weight is 527 g/mol. The van der Waals surface area contributed by atoms with Crippen LogP contribution in [0.15, 0.2) is 72.8 Å². The number of rotatable bonds is 7. The number of carbonyl (C=O) groups excluding carboxylic acids is 2. The van der Waals surface area contributed by atoms with E-state index in [-0.39, 0.29) is 17.4 Å². The Morgan fingerprint density at radius 3 is 2.31 bits per heavy atom. The number of piperazine rings is 1. The second kappa shape index (κ2) is 11.7. The number of para-hydroxylation sites is 1. The van der Waals surface area contributed by atoms with Crippen molar-refractivity contribution in [2.75, 3.05) is 31.1 Å². The second-order valence-corrected chi connectivity index (χ2v) is 10.3. The van der Waals surface area contributed by atoms with Gasteiger partial charge in [-0.1, -0.05) is 66.2 Å². The largest absolute Gasteiger partial charge is 0.478 e. The molecule has 2 amide bonds. The Morgan fingerprint density at radius 2 is 1.59 bits per heavy atom. The van der Waals surface area contributed by atoms with Crippen LogP contribution < -0.4 is 15.5 Å². The van der Waals surface area contributed by atoms with Crippen LogP contribution in [0, 0.1) is 6.92 Å². The fourth-order valence-electron chi connectivity index (χ4n) is 5.39. The van der Waals surface area contributed by atoms with Gasteiger partial charge in [0, 0.05) is 39.1 Å². The zero-order valence-electron chi connectivity index (χ0n) is 22.1. The maximum atomic E-state index is 13.8. The number of anilines is 1. The Kier molecular flexibility index (Phi) is 7.93. The van der Waals surface area contributed by atoms with Crippen molar-refractivity contribution in [2.24, 2.45) is 0 Å². The number of nitrogens with one attached hydrogen (secondary N) is 2. The van der Waals surface area contributed by atoms with Crippen LogP contribution in [0.2, 0.25) is 0 Å². The monoisotopic (exact) mass is 526 g/mol. The van der Waals surface area contributed by atoms with Gasteiger partial charge >= 0.3 is 5.97 Å². The molecule has 0 aromatic heterocycles. The lowest BCUT2D eigenvalue weighted by molar-refractivity contribution is -0.137. The predicted octanol–water partition coefficient (Wildman–Crippen LogP) is 2.78. The minimum atomic E-state index is -0.969. The first-order valence-electron chi connectivity index (χ1n) is 13.4. The van der Waals surface area contributed by atoms with E-state index < -0.39 is 18.1 Å². The highest BCUT2D eigenvalue weighted by Crippen LogP contribution is 2.23. The van der Waals surface area contributed by atoms with Crippen LogP contribution in [0.3, 0.4) is 0 Å². The van der Waals surface area contributed by atoms with Gasteiger partial charge in [-0.3, -0.25) is 9.59 Å². The molecule has 2 heterocycles. The van der Waals surface area contributed by atoms with E-state index in [4.69, 9.17) is 0 Å². The van der Waals surface area contributed by atoms with Crippen LogP contribution in [-0.4, -0.2) is 66.1 Å². The number of carboxylic acid groups (broad SMARTS) is 1. The molecule has 2 aliphatic heterocycles. The number of hydrogen-bond acceptors (Lipinski definition) is 5. The van der Waals surface area contributed by atoms with Gasteiger partial charge in [0.25, 0.3) is 0 Å². The third-order valence-electron chi connectivity index (χ3n) is 7.64. The van der Waals surface area contributed by atoms with Crippen LogP contribution in [0.1, 0.15) is 32.6 Å². The number of fused-ring (bicyclic) bond motifs is 1. The minimum absolute atomic E-state index is 0.119. The van der Waals surface area contributed by atoms with Gasteiger partial charge in [0.05, 0.1) is 17.3 Å². The molecular weight excluding hydrogens is 492 g/mol. The summed E-state index contributed by atoms with van der Waals surface area (Å²) in [5.74, 6) is -1.26. The molecular formula is C31H34N4O4. The molecule has 0 unspecified atom stereocenters. The van der Waals surface area contributed by atoms with E-state index in [1.807, 2.05) is 60.4 Å². The maximum Gasteiger partial charge on any atom is 0.337 e. The van der Waals surface area contributed by atoms with Gasteiger partial charge in [0.2, 0.25) is 11.8 Å². The summed E-state index contributed by atoms with van der Waals surface area (Å²) in [7, 11) is 0. The van der Waals surface area contributed by atoms with Crippen molar-refractivity contribution in [3.8, 4) is 0 Å². The van der Waals surface area contributed by atoms with Crippen LogP contribution in [0.25, 0.3) is 0 Å². The van der Waals surface area contributed by atoms with E-state index in [2.05, 4.69) is 16.7 Å². The van der Waals surface area contributed by atoms with Crippen molar-refractivity contribution >= 4 is 23.5 Å². The van der Waals surface area contributed by atoms with Gasteiger partial charge in [-0.2, -0.15) is 0 Å². The van der Waals surface area contributed by atoms with E-state index in [0.29, 0.717) is 51.3 Å². The minimum Gasteiger partial charge on any atom is -0.478 e. The SMILES string of the molecule is Cc1ccc(C[C@@H](NC(=O)[C@@H]2Cc3ccccc3CN2)C(=O)N2CCN(c3ccccc3C(=O)O)CC2)cc1. The topological polar surface area (TPSA) is 102 Å². The maximum absolute atomic E-state index is 13.8. The standard InChI is InChI=1S/C31H34N4O4/c1-21-10-12-22(13-11-21)18-27(33-29(36)26-19-23-6-2-3-7-24(23)20-32-26)30(37)35-16-14-34(15-17-35)28-9-5-4-8-25(28)31(38)39/h2-13,26-27,32H,14-20H2,1H3,(H,33,36)(H,38,39)/t26-,27+/m0/s1. The van der Waals surface area contributed by atoms with Crippen LogP contribution in [0.4, 0.5) is 5.69 Å². The summed E-state index contributed by atoms with van der Waals surface area (Å²) >= 11 is 0. The third kappa shape index (κ3) is 6.12. The Labute approximate surface area is 228 Å². The van der Waals surface area contributed by atoms with Gasteiger partial charge in [0.1, 0.15) is 6.04 Å². The Bertz CT molecular complexity index is 1350. The van der Waals surface area contributed by atoms with Crippen LogP contribution in [-0.2, 0) is 29.0 Å². The van der Waals surface area contributed by atoms with Crippen molar-refractivity contribution in [3.05, 3.63) is 101 Å². The molecule has 5 rings (SSSR count). The number of carbonyl (C=O) groups is 3. The third-order valence-corrected chi connectivity index (χ3v) is 7.64. The molecule has 0 aliphatic carbocycles. The van der Waals surface area contributed by atoms with Gasteiger partial charge < -0.3 is 25.5 Å². The van der Waals surface area contributed by atoms with Crippen molar-refractivity contribution in [1.82, 2.24) is 15.5 Å². The molecule has 1 saturated heterocycles. The summed E-state index contributed by atoms with van der Waals surface area (Å²) in [5, 5.41) is 16.0. The van der Waals surface area contributed by atoms with Crippen LogP contribution in [0.5, 0.6) is 0 Å². The number of hydrogen-bond donors (Lipinski definition) is 3. The quantitative estimate of drug-likeness (QED) is 0.438. The van der Waals surface area contributed by atoms with E-state index >= 15 is 0 Å². The molecule has 2 aliphatic rings. The summed E-state index contributed by atoms with van der Waals surface area (Å²) in [4.78, 5) is 42.6. The molecule has 0 bridgehead atoms. The highest BCUT2D eigenvalue weighted by molar-refractivity contribution is 5.94. The molecule has 3 aromatic rings. The van der Waals surface area contributed by atoms with E-state index in [1.165, 1.54) is 5.56 Å². The highest BCUT2D eigenvalue weighted by Gasteiger charge is 2.32. The Morgan fingerprint density at radius 1 is 0.923 bits per heavy atom. The first-order chi connectivity index (χ1) is 18.9. The van der Waals surface area contributed by atoms with Crippen molar-refractivity contribution in [1.29, 1.82) is 0 Å². The van der Waals surface area contributed by atoms with Crippen molar-refractivity contribution in [2.45, 2.75) is 38.4 Å². The molecule has 1 fully saturated rings. The molecule has 2 atom stereocenters. The summed E-state index contributed by atoms with van der Waals surface area (Å²) in [6.45, 7) is 4.56. The summed E-state index contributed by atoms with van der Waals surface area (Å²) in [5.41, 5.74) is 5.36. The lowest BCUT2D eigenvalue weighted by Crippen LogP contribution is -2.58. The molecule has 202 valence electrons. The zero-order valence-corrected chi connectivity index (χ0v) is 22.1. The molecule has 39 heavy (non-hydrogen) atoms. The molecule has 8 heteroatoms. The molecule has 0 saturated carbocycles. The molecule has 0 spiro atoms. The summed E-state index contributed by atoms with van der Waals surface area (Å²) < 4.78 is 0. The molecule has 8 nitrogen and oxygen atoms in total. The van der Waals surface area contributed by atoms with E-state index in [9.17, 15) is 19.5 Å². The lowest BCUT2D eigenvalue weighted by Gasteiger charge is -2.38. The fraction of sp³-hybridized carbons (Fsp3) is 0.323. The highest BCUT2D eigenvalue weighted by atomic mass is 16.4. The molecule has 3 aromatic carbocycles. The smallest absolute Gasteiger partial charge is 0.337 e. The first kappa shape index (κ1) is 26.4. The number of carboxylic acids is 1. The average Bonchev–Trinajstić information content (AvgIpc) is 2.97. The number of aromatic carboxylic acids is 1. The number of amides is 2. The second-order valence-electron chi connectivity index (χ2n) is 10.3.